The summed E-state index contributed by atoms with van der Waals surface area (Å²) in [6.45, 7) is 0.00452. The standard InChI is InChI=1S/C11H9FN2O/c12-10-5-13-11(14-6-10)9-3-1-8(7-15)2-4-9/h1-6,15H,7H2. The predicted molar refractivity (Wildman–Crippen MR) is 53.3 cm³/mol. The lowest BCUT2D eigenvalue weighted by atomic mass is 10.1. The number of benzene rings is 1. The molecule has 15 heavy (non-hydrogen) atoms. The van der Waals surface area contributed by atoms with E-state index in [0.29, 0.717) is 5.82 Å². The fourth-order valence-electron chi connectivity index (χ4n) is 1.22. The van der Waals surface area contributed by atoms with Crippen molar-refractivity contribution in [3.05, 3.63) is 48.0 Å². The summed E-state index contributed by atoms with van der Waals surface area (Å²) in [5.74, 6) is 0.0200. The van der Waals surface area contributed by atoms with Gasteiger partial charge >= 0.3 is 0 Å². The maximum atomic E-state index is 12.6. The van der Waals surface area contributed by atoms with Crippen LogP contribution in [0.1, 0.15) is 5.56 Å². The first-order chi connectivity index (χ1) is 7.29. The average Bonchev–Trinajstić information content (AvgIpc) is 2.30. The number of aliphatic hydroxyl groups is 1. The molecule has 0 aliphatic carbocycles. The van der Waals surface area contributed by atoms with Crippen molar-refractivity contribution < 1.29 is 9.50 Å². The lowest BCUT2D eigenvalue weighted by Crippen LogP contribution is -1.90. The van der Waals surface area contributed by atoms with Gasteiger partial charge in [0.2, 0.25) is 0 Å². The van der Waals surface area contributed by atoms with Gasteiger partial charge in [-0.1, -0.05) is 24.3 Å². The molecule has 0 spiro atoms. The van der Waals surface area contributed by atoms with Crippen molar-refractivity contribution in [3.63, 3.8) is 0 Å². The molecule has 4 heteroatoms. The van der Waals surface area contributed by atoms with E-state index < -0.39 is 5.82 Å². The fraction of sp³-hybridized carbons (Fsp3) is 0.0909. The minimum absolute atomic E-state index is 0.00452. The number of halogens is 1. The van der Waals surface area contributed by atoms with Crippen LogP contribution < -0.4 is 0 Å². The Bertz CT molecular complexity index is 439. The van der Waals surface area contributed by atoms with E-state index >= 15 is 0 Å². The van der Waals surface area contributed by atoms with Crippen LogP contribution >= 0.6 is 0 Å². The molecule has 76 valence electrons. The molecule has 0 saturated heterocycles. The first kappa shape index (κ1) is 9.73. The van der Waals surface area contributed by atoms with Crippen LogP contribution in [0.3, 0.4) is 0 Å². The molecule has 0 bridgehead atoms. The Morgan fingerprint density at radius 3 is 2.20 bits per heavy atom. The van der Waals surface area contributed by atoms with Crippen molar-refractivity contribution >= 4 is 0 Å². The molecule has 2 aromatic rings. The van der Waals surface area contributed by atoms with Gasteiger partial charge in [-0.3, -0.25) is 0 Å². The van der Waals surface area contributed by atoms with E-state index in [-0.39, 0.29) is 6.61 Å². The fourth-order valence-corrected chi connectivity index (χ4v) is 1.22. The zero-order valence-electron chi connectivity index (χ0n) is 7.89. The topological polar surface area (TPSA) is 46.0 Å². The van der Waals surface area contributed by atoms with Crippen LogP contribution in [-0.4, -0.2) is 15.1 Å². The highest BCUT2D eigenvalue weighted by Crippen LogP contribution is 2.14. The summed E-state index contributed by atoms with van der Waals surface area (Å²) < 4.78 is 12.6. The molecule has 0 atom stereocenters. The van der Waals surface area contributed by atoms with Gasteiger partial charge in [0.25, 0.3) is 0 Å². The van der Waals surface area contributed by atoms with Crippen molar-refractivity contribution in [1.29, 1.82) is 0 Å². The normalized spacial score (nSPS) is 10.3. The summed E-state index contributed by atoms with van der Waals surface area (Å²) in [4.78, 5) is 7.71. The monoisotopic (exact) mass is 204 g/mol. The number of aliphatic hydroxyl groups excluding tert-OH is 1. The third-order valence-corrected chi connectivity index (χ3v) is 2.02. The zero-order chi connectivity index (χ0) is 10.7. The molecule has 0 fully saturated rings. The third kappa shape index (κ3) is 2.16. The highest BCUT2D eigenvalue weighted by atomic mass is 19.1. The first-order valence-electron chi connectivity index (χ1n) is 4.47. The van der Waals surface area contributed by atoms with E-state index in [1.807, 2.05) is 0 Å². The van der Waals surface area contributed by atoms with Crippen LogP contribution in [0.15, 0.2) is 36.7 Å². The molecular weight excluding hydrogens is 195 g/mol. The summed E-state index contributed by atoms with van der Waals surface area (Å²) in [5, 5.41) is 8.85. The van der Waals surface area contributed by atoms with Gasteiger partial charge in [0.15, 0.2) is 11.6 Å². The number of hydrogen-bond acceptors (Lipinski definition) is 3. The van der Waals surface area contributed by atoms with Crippen LogP contribution in [-0.2, 0) is 6.61 Å². The second kappa shape index (κ2) is 4.14. The van der Waals surface area contributed by atoms with E-state index in [0.717, 1.165) is 23.5 Å². The summed E-state index contributed by atoms with van der Waals surface area (Å²) in [7, 11) is 0. The number of hydrogen-bond donors (Lipinski definition) is 1. The van der Waals surface area contributed by atoms with E-state index in [9.17, 15) is 4.39 Å². The van der Waals surface area contributed by atoms with Gasteiger partial charge in [-0.15, -0.1) is 0 Å². The lowest BCUT2D eigenvalue weighted by molar-refractivity contribution is 0.282. The minimum Gasteiger partial charge on any atom is -0.392 e. The summed E-state index contributed by atoms with van der Waals surface area (Å²) in [6.07, 6.45) is 2.25. The second-order valence-electron chi connectivity index (χ2n) is 3.08. The second-order valence-corrected chi connectivity index (χ2v) is 3.08. The summed E-state index contributed by atoms with van der Waals surface area (Å²) in [5.41, 5.74) is 1.62. The Labute approximate surface area is 86.3 Å². The Hall–Kier alpha value is -1.81. The Morgan fingerprint density at radius 2 is 1.67 bits per heavy atom. The van der Waals surface area contributed by atoms with Gasteiger partial charge in [0, 0.05) is 5.56 Å². The average molecular weight is 204 g/mol. The summed E-state index contributed by atoms with van der Waals surface area (Å²) in [6, 6.07) is 7.14. The van der Waals surface area contributed by atoms with Crippen LogP contribution in [0, 0.1) is 5.82 Å². The Kier molecular flexibility index (Phi) is 2.69. The highest BCUT2D eigenvalue weighted by molar-refractivity contribution is 5.54. The van der Waals surface area contributed by atoms with Crippen molar-refractivity contribution in [3.8, 4) is 11.4 Å². The van der Waals surface area contributed by atoms with Gasteiger partial charge in [-0.25, -0.2) is 14.4 Å². The number of rotatable bonds is 2. The number of aromatic nitrogens is 2. The van der Waals surface area contributed by atoms with Crippen molar-refractivity contribution in [1.82, 2.24) is 9.97 Å². The van der Waals surface area contributed by atoms with Gasteiger partial charge in [-0.05, 0) is 5.56 Å². The molecule has 1 aromatic heterocycles. The van der Waals surface area contributed by atoms with Gasteiger partial charge in [-0.2, -0.15) is 0 Å². The van der Waals surface area contributed by atoms with Crippen LogP contribution in [0.2, 0.25) is 0 Å². The molecule has 0 radical (unpaired) electrons. The molecule has 0 aliphatic heterocycles. The van der Waals surface area contributed by atoms with Gasteiger partial charge in [0.1, 0.15) is 0 Å². The van der Waals surface area contributed by atoms with Crippen molar-refractivity contribution in [2.45, 2.75) is 6.61 Å². The molecular formula is C11H9FN2O. The largest absolute Gasteiger partial charge is 0.392 e. The predicted octanol–water partition coefficient (Wildman–Crippen LogP) is 1.77. The van der Waals surface area contributed by atoms with Gasteiger partial charge < -0.3 is 5.11 Å². The molecule has 3 nitrogen and oxygen atoms in total. The van der Waals surface area contributed by atoms with Gasteiger partial charge in [0.05, 0.1) is 19.0 Å². The third-order valence-electron chi connectivity index (χ3n) is 2.02. The molecule has 0 aliphatic rings. The highest BCUT2D eigenvalue weighted by Gasteiger charge is 2.00. The Balaban J connectivity index is 2.33. The quantitative estimate of drug-likeness (QED) is 0.810. The molecule has 2 rings (SSSR count). The molecule has 0 saturated carbocycles. The van der Waals surface area contributed by atoms with E-state index in [1.54, 1.807) is 24.3 Å². The van der Waals surface area contributed by atoms with E-state index in [2.05, 4.69) is 9.97 Å². The lowest BCUT2D eigenvalue weighted by Gasteiger charge is -2.00. The van der Waals surface area contributed by atoms with Crippen LogP contribution in [0.5, 0.6) is 0 Å². The summed E-state index contributed by atoms with van der Waals surface area (Å²) >= 11 is 0. The molecule has 1 aromatic carbocycles. The smallest absolute Gasteiger partial charge is 0.159 e. The molecule has 1 N–H and O–H groups in total. The van der Waals surface area contributed by atoms with E-state index in [1.165, 1.54) is 0 Å². The van der Waals surface area contributed by atoms with Crippen molar-refractivity contribution in [2.24, 2.45) is 0 Å². The molecule has 1 heterocycles. The van der Waals surface area contributed by atoms with Crippen LogP contribution in [0.4, 0.5) is 4.39 Å². The SMILES string of the molecule is OCc1ccc(-c2ncc(F)cn2)cc1. The zero-order valence-corrected chi connectivity index (χ0v) is 7.89. The maximum Gasteiger partial charge on any atom is 0.159 e. The van der Waals surface area contributed by atoms with Crippen molar-refractivity contribution in [2.75, 3.05) is 0 Å². The first-order valence-corrected chi connectivity index (χ1v) is 4.47. The van der Waals surface area contributed by atoms with Crippen LogP contribution in [0.25, 0.3) is 11.4 Å². The maximum absolute atomic E-state index is 12.6. The number of nitrogens with zero attached hydrogens (tertiary/aromatic N) is 2. The minimum atomic E-state index is -0.453. The Morgan fingerprint density at radius 1 is 1.07 bits per heavy atom. The van der Waals surface area contributed by atoms with E-state index in [4.69, 9.17) is 5.11 Å². The molecule has 0 unspecified atom stereocenters. The molecule has 0 amide bonds.